The maximum Gasteiger partial charge on any atom is 0.306 e. The fourth-order valence-corrected chi connectivity index (χ4v) is 7.18. The van der Waals surface area contributed by atoms with Crippen LogP contribution >= 0.6 is 0 Å². The summed E-state index contributed by atoms with van der Waals surface area (Å²) in [6, 6.07) is 0. The Morgan fingerprint density at radius 1 is 0.567 bits per heavy atom. The van der Waals surface area contributed by atoms with Gasteiger partial charge in [0.1, 0.15) is 36.8 Å². The molecule has 12 nitrogen and oxygen atoms in total. The van der Waals surface area contributed by atoms with Gasteiger partial charge in [0.05, 0.1) is 6.61 Å². The molecule has 346 valence electrons. The van der Waals surface area contributed by atoms with Crippen LogP contribution in [-0.2, 0) is 38.7 Å². The van der Waals surface area contributed by atoms with E-state index in [1.165, 1.54) is 70.6 Å². The topological polar surface area (TPSA) is 186 Å². The highest BCUT2D eigenvalue weighted by molar-refractivity contribution is 7.85. The molecule has 0 aromatic heterocycles. The third kappa shape index (κ3) is 31.2. The van der Waals surface area contributed by atoms with Crippen LogP contribution in [0.5, 0.6) is 0 Å². The number of hydrogen-bond donors (Lipinski definition) is 4. The van der Waals surface area contributed by atoms with E-state index in [0.717, 1.165) is 51.4 Å². The van der Waals surface area contributed by atoms with Crippen LogP contribution in [0.2, 0.25) is 0 Å². The largest absolute Gasteiger partial charge is 0.462 e. The normalized spacial score (nSPS) is 20.7. The van der Waals surface area contributed by atoms with Crippen molar-refractivity contribution in [2.45, 2.75) is 205 Å². The lowest BCUT2D eigenvalue weighted by Gasteiger charge is -2.40. The van der Waals surface area contributed by atoms with Gasteiger partial charge >= 0.3 is 11.9 Å². The van der Waals surface area contributed by atoms with Crippen molar-refractivity contribution in [1.29, 1.82) is 0 Å². The minimum absolute atomic E-state index is 0.130. The molecule has 0 radical (unpaired) electrons. The van der Waals surface area contributed by atoms with Gasteiger partial charge < -0.3 is 34.3 Å². The maximum atomic E-state index is 12.8. The number of allylic oxidation sites excluding steroid dienone is 10. The Kier molecular flexibility index (Phi) is 34.1. The molecule has 1 fully saturated rings. The molecule has 0 aromatic rings. The quantitative estimate of drug-likeness (QED) is 0.0201. The van der Waals surface area contributed by atoms with Crippen LogP contribution < -0.4 is 0 Å². The van der Waals surface area contributed by atoms with Crippen molar-refractivity contribution < 1.29 is 56.8 Å². The zero-order chi connectivity index (χ0) is 44.1. The van der Waals surface area contributed by atoms with Crippen LogP contribution in [-0.4, -0.2) is 96.0 Å². The van der Waals surface area contributed by atoms with E-state index in [1.54, 1.807) is 0 Å². The lowest BCUT2D eigenvalue weighted by atomic mass is 10.00. The highest BCUT2D eigenvalue weighted by atomic mass is 32.2. The number of ether oxygens (including phenoxy) is 4. The molecule has 13 heteroatoms. The molecule has 0 spiro atoms. The Morgan fingerprint density at radius 2 is 1.02 bits per heavy atom. The summed E-state index contributed by atoms with van der Waals surface area (Å²) in [5.41, 5.74) is 0. The number of carbonyl (C=O) groups excluding carboxylic acids is 2. The van der Waals surface area contributed by atoms with Crippen molar-refractivity contribution >= 4 is 22.1 Å². The third-order valence-corrected chi connectivity index (χ3v) is 10.8. The molecule has 2 unspecified atom stereocenters. The molecule has 1 aliphatic rings. The minimum Gasteiger partial charge on any atom is -0.462 e. The van der Waals surface area contributed by atoms with Crippen LogP contribution in [0.1, 0.15) is 168 Å². The van der Waals surface area contributed by atoms with Crippen LogP contribution in [0.15, 0.2) is 60.8 Å². The zero-order valence-corrected chi connectivity index (χ0v) is 37.6. The number of aliphatic hydroxyl groups excluding tert-OH is 3. The number of rotatable bonds is 37. The van der Waals surface area contributed by atoms with E-state index in [1.807, 2.05) is 12.2 Å². The number of carbonyl (C=O) groups is 2. The number of unbranched alkanes of at least 4 members (excludes halogenated alkanes) is 15. The van der Waals surface area contributed by atoms with Crippen molar-refractivity contribution in [3.63, 3.8) is 0 Å². The Labute approximate surface area is 362 Å². The average molecular weight is 869 g/mol. The molecule has 0 amide bonds. The predicted molar refractivity (Wildman–Crippen MR) is 238 cm³/mol. The summed E-state index contributed by atoms with van der Waals surface area (Å²) >= 11 is 0. The summed E-state index contributed by atoms with van der Waals surface area (Å²) in [6.07, 6.45) is 35.6. The first-order valence-corrected chi connectivity index (χ1v) is 24.5. The van der Waals surface area contributed by atoms with Crippen molar-refractivity contribution in [2.24, 2.45) is 0 Å². The summed E-state index contributed by atoms with van der Waals surface area (Å²) in [5, 5.41) is 30.9. The van der Waals surface area contributed by atoms with Gasteiger partial charge in [0.2, 0.25) is 0 Å². The number of aliphatic hydroxyl groups is 3. The molecule has 0 aromatic carbocycles. The van der Waals surface area contributed by atoms with Crippen molar-refractivity contribution in [3.05, 3.63) is 60.8 Å². The summed E-state index contributed by atoms with van der Waals surface area (Å²) < 4.78 is 54.0. The first-order chi connectivity index (χ1) is 29.0. The summed E-state index contributed by atoms with van der Waals surface area (Å²) in [4.78, 5) is 25.4. The standard InChI is InChI=1S/C47H80O12S/c1-3-5-7-9-11-13-15-17-19-20-22-23-25-27-29-31-33-35-42(48)56-37-40(38-57-47-46(52)45(51)44(50)41(59-47)39-60(53,54)55)58-43(49)36-34-32-30-28-26-24-21-18-16-14-12-10-8-6-4-2/h11,13,17,19,22-24,26-27,29,40-41,44-47,50-52H,3-10,12,14-16,18,20-21,25,28,30-39H2,1-2H3,(H,53,54,55)/b13-11+,19-17+,23-22+,26-24+,29-27+/t40-,41-,44-,45?,46?,47+/m1/s1. The molecular formula is C47H80O12S. The molecule has 1 rings (SSSR count). The monoisotopic (exact) mass is 869 g/mol. The SMILES string of the molecule is CCCCC/C=C/C/C=C/C/C=C/C/C=C/CCCC(=O)OC[C@H](CO[C@H]1O[C@H](CS(=O)(=O)O)[C@@H](O)C(O)C1O)OC(=O)CCCCC/C=C/CCCCCCCCCC. The Balaban J connectivity index is 2.50. The molecule has 1 heterocycles. The van der Waals surface area contributed by atoms with Gasteiger partial charge in [0.15, 0.2) is 12.4 Å². The molecular weight excluding hydrogens is 789 g/mol. The second kappa shape index (κ2) is 37.0. The van der Waals surface area contributed by atoms with Gasteiger partial charge in [-0.2, -0.15) is 8.42 Å². The zero-order valence-electron chi connectivity index (χ0n) is 36.8. The smallest absolute Gasteiger partial charge is 0.306 e. The third-order valence-electron chi connectivity index (χ3n) is 10.1. The minimum atomic E-state index is -4.61. The van der Waals surface area contributed by atoms with Crippen molar-refractivity contribution in [1.82, 2.24) is 0 Å². The van der Waals surface area contributed by atoms with Gasteiger partial charge in [0.25, 0.3) is 10.1 Å². The van der Waals surface area contributed by atoms with Crippen LogP contribution in [0.25, 0.3) is 0 Å². The first kappa shape index (κ1) is 55.4. The molecule has 0 saturated carbocycles. The predicted octanol–water partition coefficient (Wildman–Crippen LogP) is 9.34. The Morgan fingerprint density at radius 3 is 1.58 bits per heavy atom. The molecule has 1 saturated heterocycles. The summed E-state index contributed by atoms with van der Waals surface area (Å²) in [5.74, 6) is -2.08. The fourth-order valence-electron chi connectivity index (χ4n) is 6.49. The van der Waals surface area contributed by atoms with E-state index >= 15 is 0 Å². The average Bonchev–Trinajstić information content (AvgIpc) is 3.21. The second-order valence-electron chi connectivity index (χ2n) is 15.7. The number of hydrogen-bond acceptors (Lipinski definition) is 11. The Bertz CT molecular complexity index is 1340. The fraction of sp³-hybridized carbons (Fsp3) is 0.745. The first-order valence-electron chi connectivity index (χ1n) is 22.8. The molecule has 4 N–H and O–H groups in total. The van der Waals surface area contributed by atoms with Crippen LogP contribution in [0, 0.1) is 0 Å². The lowest BCUT2D eigenvalue weighted by molar-refractivity contribution is -0.297. The van der Waals surface area contributed by atoms with E-state index in [-0.39, 0.29) is 19.4 Å². The molecule has 6 atom stereocenters. The highest BCUT2D eigenvalue weighted by Crippen LogP contribution is 2.24. The van der Waals surface area contributed by atoms with Crippen LogP contribution in [0.4, 0.5) is 0 Å². The lowest BCUT2D eigenvalue weighted by Crippen LogP contribution is -2.60. The van der Waals surface area contributed by atoms with Gasteiger partial charge in [-0.25, -0.2) is 0 Å². The van der Waals surface area contributed by atoms with E-state index in [4.69, 9.17) is 18.9 Å². The van der Waals surface area contributed by atoms with Gasteiger partial charge in [0, 0.05) is 12.8 Å². The summed E-state index contributed by atoms with van der Waals surface area (Å²) in [6.45, 7) is 3.66. The Hall–Kier alpha value is -2.65. The second-order valence-corrected chi connectivity index (χ2v) is 17.2. The van der Waals surface area contributed by atoms with Gasteiger partial charge in [-0.05, 0) is 77.0 Å². The van der Waals surface area contributed by atoms with Crippen molar-refractivity contribution in [3.8, 4) is 0 Å². The van der Waals surface area contributed by atoms with E-state index in [0.29, 0.717) is 19.3 Å². The van der Waals surface area contributed by atoms with E-state index in [9.17, 15) is 37.9 Å². The molecule has 0 bridgehead atoms. The molecule has 0 aliphatic carbocycles. The maximum absolute atomic E-state index is 12.8. The molecule has 60 heavy (non-hydrogen) atoms. The van der Waals surface area contributed by atoms with Crippen LogP contribution in [0.3, 0.4) is 0 Å². The highest BCUT2D eigenvalue weighted by Gasteiger charge is 2.46. The van der Waals surface area contributed by atoms with Crippen molar-refractivity contribution in [2.75, 3.05) is 19.0 Å². The van der Waals surface area contributed by atoms with E-state index < -0.39 is 71.2 Å². The van der Waals surface area contributed by atoms with E-state index in [2.05, 4.69) is 62.5 Å². The van der Waals surface area contributed by atoms with Gasteiger partial charge in [-0.3, -0.25) is 14.1 Å². The molecule has 1 aliphatic heterocycles. The van der Waals surface area contributed by atoms with Gasteiger partial charge in [-0.15, -0.1) is 0 Å². The van der Waals surface area contributed by atoms with Gasteiger partial charge in [-0.1, -0.05) is 139 Å². The number of esters is 2. The summed E-state index contributed by atoms with van der Waals surface area (Å²) in [7, 11) is -4.61.